The average molecular weight is 654 g/mol. The molecule has 1 aliphatic heterocycles. The third kappa shape index (κ3) is 8.31. The molecule has 3 aliphatic rings. The van der Waals surface area contributed by atoms with Crippen molar-refractivity contribution < 1.29 is 33.5 Å². The number of carbonyl (C=O) groups excluding carboxylic acids is 6. The van der Waals surface area contributed by atoms with E-state index in [9.17, 15) is 28.8 Å². The van der Waals surface area contributed by atoms with E-state index in [2.05, 4.69) is 16.0 Å². The van der Waals surface area contributed by atoms with Crippen LogP contribution in [0.5, 0.6) is 0 Å². The molecule has 0 spiro atoms. The Bertz CT molecular complexity index is 1390. The van der Waals surface area contributed by atoms with E-state index < -0.39 is 70.5 Å². The van der Waals surface area contributed by atoms with Gasteiger partial charge in [-0.05, 0) is 46.0 Å². The van der Waals surface area contributed by atoms with Crippen LogP contribution in [0.4, 0.5) is 4.79 Å². The number of nitrogens with one attached hydrogen (secondary N) is 3. The summed E-state index contributed by atoms with van der Waals surface area (Å²) in [6.45, 7) is 15.2. The standard InChI is InChI=1S/C35H51N5O7/c1-33(2,3)26(38-32(46)39-27(34(4,5)6)31(45)47-18-20-12-10-9-11-13-20)30(44)40-17-21-23(35(21,7)8)24(40)29(43)37-22(16-19-14-15-19)25(41)28(36)42/h9-13,19,21-24,26-27H,14-18H2,1-8H3,(H2,36,42)(H,37,43)(H2,38,39,46)/t21-,22?,23-,24-,26+,27+/m0/s1. The molecule has 1 aromatic rings. The van der Waals surface area contributed by atoms with Gasteiger partial charge in [-0.25, -0.2) is 9.59 Å². The third-order valence-corrected chi connectivity index (χ3v) is 9.89. The highest BCUT2D eigenvalue weighted by Gasteiger charge is 2.70. The Labute approximate surface area is 277 Å². The molecule has 258 valence electrons. The van der Waals surface area contributed by atoms with Gasteiger partial charge in [0.25, 0.3) is 5.91 Å². The summed E-state index contributed by atoms with van der Waals surface area (Å²) in [4.78, 5) is 80.6. The number of piperidine rings is 1. The van der Waals surface area contributed by atoms with Gasteiger partial charge in [0.05, 0.1) is 6.04 Å². The molecule has 0 bridgehead atoms. The molecule has 5 N–H and O–H groups in total. The van der Waals surface area contributed by atoms with E-state index >= 15 is 0 Å². The van der Waals surface area contributed by atoms with Crippen molar-refractivity contribution in [1.29, 1.82) is 0 Å². The average Bonchev–Trinajstić information content (AvgIpc) is 3.83. The first kappa shape index (κ1) is 35.9. The van der Waals surface area contributed by atoms with Crippen LogP contribution in [-0.2, 0) is 35.3 Å². The van der Waals surface area contributed by atoms with E-state index in [1.807, 2.05) is 44.2 Å². The van der Waals surface area contributed by atoms with E-state index in [1.165, 1.54) is 4.90 Å². The van der Waals surface area contributed by atoms with Crippen LogP contribution in [0.25, 0.3) is 0 Å². The van der Waals surface area contributed by atoms with Crippen molar-refractivity contribution in [2.75, 3.05) is 6.54 Å². The van der Waals surface area contributed by atoms with E-state index in [4.69, 9.17) is 10.5 Å². The number of rotatable bonds is 12. The number of primary amides is 1. The Hall–Kier alpha value is -3.96. The topological polar surface area (TPSA) is 177 Å². The van der Waals surface area contributed by atoms with Crippen molar-refractivity contribution in [3.05, 3.63) is 35.9 Å². The van der Waals surface area contributed by atoms with Gasteiger partial charge in [-0.3, -0.25) is 19.2 Å². The van der Waals surface area contributed by atoms with Gasteiger partial charge in [0, 0.05) is 6.54 Å². The fourth-order valence-electron chi connectivity index (χ4n) is 6.72. The second-order valence-corrected chi connectivity index (χ2v) is 16.2. The van der Waals surface area contributed by atoms with Crippen LogP contribution in [0.2, 0.25) is 0 Å². The predicted molar refractivity (Wildman–Crippen MR) is 174 cm³/mol. The van der Waals surface area contributed by atoms with Crippen molar-refractivity contribution in [3.8, 4) is 0 Å². The Balaban J connectivity index is 1.50. The molecular weight excluding hydrogens is 602 g/mol. The Morgan fingerprint density at radius 1 is 0.915 bits per heavy atom. The summed E-state index contributed by atoms with van der Waals surface area (Å²) in [6, 6.07) is 4.45. The van der Waals surface area contributed by atoms with Gasteiger partial charge in [0.2, 0.25) is 17.6 Å². The quantitative estimate of drug-likeness (QED) is 0.198. The van der Waals surface area contributed by atoms with Crippen LogP contribution in [0.15, 0.2) is 30.3 Å². The minimum absolute atomic E-state index is 0.0439. The summed E-state index contributed by atoms with van der Waals surface area (Å²) in [6.07, 6.45) is 2.14. The van der Waals surface area contributed by atoms with Crippen molar-refractivity contribution in [2.45, 2.75) is 105 Å². The normalized spacial score (nSPS) is 23.4. The summed E-state index contributed by atoms with van der Waals surface area (Å²) in [7, 11) is 0. The van der Waals surface area contributed by atoms with Gasteiger partial charge in [0.15, 0.2) is 0 Å². The number of esters is 1. The molecule has 12 heteroatoms. The van der Waals surface area contributed by atoms with Gasteiger partial charge in [-0.2, -0.15) is 0 Å². The SMILES string of the molecule is CC(C)(C)[C@H](NC(=O)N[C@H](C(=O)N1C[C@H]2[C@@H]([C@H]1C(=O)NC(CC1CC1)C(=O)C(N)=O)C2(C)C)C(C)(C)C)C(=O)OCc1ccccc1. The third-order valence-electron chi connectivity index (χ3n) is 9.89. The molecule has 1 heterocycles. The number of ketones is 1. The van der Waals surface area contributed by atoms with Crippen LogP contribution in [0, 0.1) is 34.0 Å². The zero-order valence-electron chi connectivity index (χ0n) is 28.8. The predicted octanol–water partition coefficient (Wildman–Crippen LogP) is 2.68. The Morgan fingerprint density at radius 3 is 2.02 bits per heavy atom. The lowest BCUT2D eigenvalue weighted by Crippen LogP contribution is -2.62. The number of nitrogens with two attached hydrogens (primary N) is 1. The fourth-order valence-corrected chi connectivity index (χ4v) is 6.72. The molecule has 6 atom stereocenters. The number of hydrogen-bond donors (Lipinski definition) is 4. The Morgan fingerprint density at radius 2 is 1.49 bits per heavy atom. The zero-order valence-corrected chi connectivity index (χ0v) is 28.8. The maximum absolute atomic E-state index is 14.3. The lowest BCUT2D eigenvalue weighted by Gasteiger charge is -2.38. The van der Waals surface area contributed by atoms with Crippen molar-refractivity contribution in [1.82, 2.24) is 20.9 Å². The molecule has 0 radical (unpaired) electrons. The van der Waals surface area contributed by atoms with Gasteiger partial charge in [-0.1, -0.05) is 98.6 Å². The number of fused-ring (bicyclic) bond motifs is 1. The molecule has 47 heavy (non-hydrogen) atoms. The molecule has 0 aromatic heterocycles. The highest BCUT2D eigenvalue weighted by molar-refractivity contribution is 6.37. The summed E-state index contributed by atoms with van der Waals surface area (Å²) >= 11 is 0. The summed E-state index contributed by atoms with van der Waals surface area (Å²) in [5.41, 5.74) is 4.40. The lowest BCUT2D eigenvalue weighted by atomic mass is 9.85. The van der Waals surface area contributed by atoms with Crippen LogP contribution in [0.3, 0.4) is 0 Å². The van der Waals surface area contributed by atoms with Crippen LogP contribution in [-0.4, -0.2) is 71.1 Å². The van der Waals surface area contributed by atoms with Gasteiger partial charge >= 0.3 is 12.0 Å². The van der Waals surface area contributed by atoms with Gasteiger partial charge < -0.3 is 31.3 Å². The first-order valence-corrected chi connectivity index (χ1v) is 16.5. The maximum Gasteiger partial charge on any atom is 0.329 e. The number of amides is 5. The first-order chi connectivity index (χ1) is 21.7. The van der Waals surface area contributed by atoms with E-state index in [0.29, 0.717) is 13.0 Å². The summed E-state index contributed by atoms with van der Waals surface area (Å²) < 4.78 is 5.53. The van der Waals surface area contributed by atoms with Crippen LogP contribution >= 0.6 is 0 Å². The number of likely N-dealkylation sites (tertiary alicyclic amines) is 1. The number of benzene rings is 1. The molecular formula is C35H51N5O7. The van der Waals surface area contributed by atoms with E-state index in [-0.39, 0.29) is 29.8 Å². The van der Waals surface area contributed by atoms with Crippen molar-refractivity contribution in [2.24, 2.45) is 39.7 Å². The molecule has 5 amide bonds. The summed E-state index contributed by atoms with van der Waals surface area (Å²) in [5, 5.41) is 8.26. The maximum atomic E-state index is 14.3. The zero-order chi connectivity index (χ0) is 35.1. The van der Waals surface area contributed by atoms with Gasteiger partial charge in [0.1, 0.15) is 24.7 Å². The molecule has 12 nitrogen and oxygen atoms in total. The number of urea groups is 1. The molecule has 1 aromatic carbocycles. The molecule has 1 saturated heterocycles. The van der Waals surface area contributed by atoms with Crippen LogP contribution in [0.1, 0.15) is 80.2 Å². The van der Waals surface area contributed by atoms with Gasteiger partial charge in [-0.15, -0.1) is 0 Å². The monoisotopic (exact) mass is 653 g/mol. The largest absolute Gasteiger partial charge is 0.459 e. The Kier molecular flexibility index (Phi) is 10.1. The van der Waals surface area contributed by atoms with Crippen LogP contribution < -0.4 is 21.7 Å². The van der Waals surface area contributed by atoms with Crippen molar-refractivity contribution in [3.63, 3.8) is 0 Å². The molecule has 2 aliphatic carbocycles. The highest BCUT2D eigenvalue weighted by Crippen LogP contribution is 2.65. The minimum Gasteiger partial charge on any atom is -0.459 e. The van der Waals surface area contributed by atoms with E-state index in [0.717, 1.165) is 18.4 Å². The number of Topliss-reactive ketones (excluding diaryl/α,β-unsaturated/α-hetero) is 1. The van der Waals surface area contributed by atoms with Crippen molar-refractivity contribution >= 4 is 35.5 Å². The number of carbonyl (C=O) groups is 6. The molecule has 3 fully saturated rings. The lowest BCUT2D eigenvalue weighted by molar-refractivity contribution is -0.150. The second-order valence-electron chi connectivity index (χ2n) is 16.2. The smallest absolute Gasteiger partial charge is 0.329 e. The number of nitrogens with zero attached hydrogens (tertiary/aromatic N) is 1. The van der Waals surface area contributed by atoms with E-state index in [1.54, 1.807) is 41.5 Å². The number of hydrogen-bond acceptors (Lipinski definition) is 7. The molecule has 1 unspecified atom stereocenters. The highest BCUT2D eigenvalue weighted by atomic mass is 16.5. The number of ether oxygens (including phenoxy) is 1. The molecule has 4 rings (SSSR count). The second kappa shape index (κ2) is 13.3. The summed E-state index contributed by atoms with van der Waals surface area (Å²) in [5.74, 6) is -3.41. The molecule has 2 saturated carbocycles. The minimum atomic E-state index is -1.11. The fraction of sp³-hybridized carbons (Fsp3) is 0.657. The first-order valence-electron chi connectivity index (χ1n) is 16.5.